The van der Waals surface area contributed by atoms with Crippen LogP contribution in [0.5, 0.6) is 11.5 Å². The zero-order valence-electron chi connectivity index (χ0n) is 16.0. The molecule has 1 atom stereocenters. The monoisotopic (exact) mass is 367 g/mol. The van der Waals surface area contributed by atoms with Crippen LogP contribution in [0.15, 0.2) is 48.7 Å². The summed E-state index contributed by atoms with van der Waals surface area (Å²) in [4.78, 5) is 12.7. The van der Waals surface area contributed by atoms with E-state index in [1.165, 1.54) is 13.3 Å². The summed E-state index contributed by atoms with van der Waals surface area (Å²) in [5, 5.41) is 10.8. The molecule has 2 rings (SSSR count). The van der Waals surface area contributed by atoms with E-state index in [-0.39, 0.29) is 11.9 Å². The smallest absolute Gasteiger partial charge is 0.255 e. The van der Waals surface area contributed by atoms with Crippen molar-refractivity contribution in [1.29, 1.82) is 5.41 Å². The quantitative estimate of drug-likeness (QED) is 0.652. The van der Waals surface area contributed by atoms with Gasteiger partial charge in [0.15, 0.2) is 0 Å². The van der Waals surface area contributed by atoms with E-state index in [9.17, 15) is 4.79 Å². The molecule has 1 amide bonds. The van der Waals surface area contributed by atoms with Crippen molar-refractivity contribution in [3.8, 4) is 11.5 Å². The molecular weight excluding hydrogens is 342 g/mol. The predicted octanol–water partition coefficient (Wildman–Crippen LogP) is 3.53. The van der Waals surface area contributed by atoms with E-state index < -0.39 is 0 Å². The number of nitrogens with one attached hydrogen (secondary N) is 2. The summed E-state index contributed by atoms with van der Waals surface area (Å²) in [7, 11) is 3.11. The molecule has 2 aromatic rings. The summed E-state index contributed by atoms with van der Waals surface area (Å²) in [5.74, 6) is 0.903. The fourth-order valence-corrected chi connectivity index (χ4v) is 2.75. The molecule has 4 N–H and O–H groups in total. The van der Waals surface area contributed by atoms with Gasteiger partial charge in [0.1, 0.15) is 11.5 Å². The molecule has 0 unspecified atom stereocenters. The second kappa shape index (κ2) is 8.89. The average Bonchev–Trinajstić information content (AvgIpc) is 2.67. The number of ether oxygens (including phenoxy) is 2. The maximum Gasteiger partial charge on any atom is 0.255 e. The van der Waals surface area contributed by atoms with Gasteiger partial charge in [-0.05, 0) is 49.2 Å². The molecule has 0 saturated carbocycles. The van der Waals surface area contributed by atoms with Gasteiger partial charge < -0.3 is 25.9 Å². The summed E-state index contributed by atoms with van der Waals surface area (Å²) >= 11 is 0. The van der Waals surface area contributed by atoms with Gasteiger partial charge in [0.05, 0.1) is 25.8 Å². The molecule has 6 heteroatoms. The molecule has 0 fully saturated rings. The molecule has 0 aliphatic heterocycles. The molecule has 27 heavy (non-hydrogen) atoms. The van der Waals surface area contributed by atoms with Gasteiger partial charge in [-0.1, -0.05) is 18.2 Å². The van der Waals surface area contributed by atoms with Gasteiger partial charge in [-0.2, -0.15) is 0 Å². The highest BCUT2D eigenvalue weighted by Gasteiger charge is 2.17. The van der Waals surface area contributed by atoms with Crippen molar-refractivity contribution < 1.29 is 14.3 Å². The Bertz CT molecular complexity index is 875. The SMILES string of the molecule is COc1cccc([C@@H](C)NC(=O)c2ccc(/C(=C/N)C(C)=N)cc2OC)c1. The van der Waals surface area contributed by atoms with E-state index in [0.717, 1.165) is 16.9 Å². The first kappa shape index (κ1) is 20.0. The standard InChI is InChI=1S/C21H25N3O3/c1-13(23)19(12-22)16-8-9-18(20(11-16)27-4)21(25)24-14(2)15-6-5-7-17(10-15)26-3/h5-12,14,23H,22H2,1-4H3,(H,24,25)/b19-12+,23-13?/t14-/m1/s1. The molecule has 0 saturated heterocycles. The van der Waals surface area contributed by atoms with E-state index in [1.54, 1.807) is 32.2 Å². The Morgan fingerprint density at radius 2 is 1.93 bits per heavy atom. The van der Waals surface area contributed by atoms with Crippen molar-refractivity contribution in [1.82, 2.24) is 5.32 Å². The summed E-state index contributed by atoms with van der Waals surface area (Å²) < 4.78 is 10.6. The van der Waals surface area contributed by atoms with E-state index in [2.05, 4.69) is 5.32 Å². The molecule has 0 radical (unpaired) electrons. The highest BCUT2D eigenvalue weighted by Crippen LogP contribution is 2.26. The van der Waals surface area contributed by atoms with Crippen LogP contribution < -0.4 is 20.5 Å². The minimum atomic E-state index is -0.251. The number of carbonyl (C=O) groups is 1. The Hall–Kier alpha value is -3.28. The Morgan fingerprint density at radius 1 is 1.19 bits per heavy atom. The normalized spacial score (nSPS) is 12.2. The van der Waals surface area contributed by atoms with Crippen molar-refractivity contribution in [3.05, 3.63) is 65.4 Å². The molecule has 0 spiro atoms. The van der Waals surface area contributed by atoms with Crippen molar-refractivity contribution in [2.45, 2.75) is 19.9 Å². The van der Waals surface area contributed by atoms with Gasteiger partial charge in [-0.25, -0.2) is 0 Å². The Kier molecular flexibility index (Phi) is 6.60. The number of benzene rings is 2. The zero-order valence-corrected chi connectivity index (χ0v) is 16.0. The number of hydrogen-bond acceptors (Lipinski definition) is 5. The van der Waals surface area contributed by atoms with Crippen LogP contribution >= 0.6 is 0 Å². The van der Waals surface area contributed by atoms with E-state index in [1.807, 2.05) is 31.2 Å². The molecule has 6 nitrogen and oxygen atoms in total. The highest BCUT2D eigenvalue weighted by molar-refractivity contribution is 6.21. The van der Waals surface area contributed by atoms with Crippen LogP contribution in [0.3, 0.4) is 0 Å². The average molecular weight is 367 g/mol. The van der Waals surface area contributed by atoms with Crippen LogP contribution in [-0.2, 0) is 0 Å². The highest BCUT2D eigenvalue weighted by atomic mass is 16.5. The van der Waals surface area contributed by atoms with Gasteiger partial charge >= 0.3 is 0 Å². The first-order chi connectivity index (χ1) is 12.9. The van der Waals surface area contributed by atoms with Gasteiger partial charge in [0.2, 0.25) is 0 Å². The minimum Gasteiger partial charge on any atom is -0.497 e. The van der Waals surface area contributed by atoms with Crippen LogP contribution in [0, 0.1) is 5.41 Å². The lowest BCUT2D eigenvalue weighted by atomic mass is 10.00. The predicted molar refractivity (Wildman–Crippen MR) is 107 cm³/mol. The Labute approximate surface area is 159 Å². The van der Waals surface area contributed by atoms with Crippen molar-refractivity contribution in [2.75, 3.05) is 14.2 Å². The summed E-state index contributed by atoms with van der Waals surface area (Å²) in [6.07, 6.45) is 1.38. The molecular formula is C21H25N3O3. The lowest BCUT2D eigenvalue weighted by Crippen LogP contribution is -2.27. The van der Waals surface area contributed by atoms with Gasteiger partial charge in [0, 0.05) is 17.5 Å². The molecule has 142 valence electrons. The van der Waals surface area contributed by atoms with Gasteiger partial charge in [-0.15, -0.1) is 0 Å². The van der Waals surface area contributed by atoms with Crippen LogP contribution in [0.4, 0.5) is 0 Å². The number of methoxy groups -OCH3 is 2. The summed E-state index contributed by atoms with van der Waals surface area (Å²) in [6.45, 7) is 3.56. The molecule has 0 aromatic heterocycles. The van der Waals surface area contributed by atoms with Gasteiger partial charge in [-0.3, -0.25) is 4.79 Å². The lowest BCUT2D eigenvalue weighted by molar-refractivity contribution is 0.0936. The maximum atomic E-state index is 12.7. The number of rotatable bonds is 7. The third-order valence-corrected chi connectivity index (χ3v) is 4.27. The number of hydrogen-bond donors (Lipinski definition) is 3. The Balaban J connectivity index is 2.26. The molecule has 0 bridgehead atoms. The van der Waals surface area contributed by atoms with Crippen LogP contribution in [0.1, 0.15) is 41.4 Å². The first-order valence-corrected chi connectivity index (χ1v) is 8.51. The fourth-order valence-electron chi connectivity index (χ4n) is 2.75. The summed E-state index contributed by atoms with van der Waals surface area (Å²) in [5.41, 5.74) is 8.61. The van der Waals surface area contributed by atoms with E-state index in [0.29, 0.717) is 22.6 Å². The van der Waals surface area contributed by atoms with Crippen LogP contribution in [-0.4, -0.2) is 25.8 Å². The zero-order chi connectivity index (χ0) is 20.0. The number of allylic oxidation sites excluding steroid dienone is 1. The third-order valence-electron chi connectivity index (χ3n) is 4.27. The number of carbonyl (C=O) groups excluding carboxylic acids is 1. The van der Waals surface area contributed by atoms with Crippen molar-refractivity contribution in [3.63, 3.8) is 0 Å². The topological polar surface area (TPSA) is 97.4 Å². The summed E-state index contributed by atoms with van der Waals surface area (Å²) in [6, 6.07) is 12.5. The largest absolute Gasteiger partial charge is 0.497 e. The molecule has 0 heterocycles. The molecule has 0 aliphatic carbocycles. The first-order valence-electron chi connectivity index (χ1n) is 8.51. The Morgan fingerprint density at radius 3 is 2.52 bits per heavy atom. The second-order valence-corrected chi connectivity index (χ2v) is 6.09. The maximum absolute atomic E-state index is 12.7. The second-order valence-electron chi connectivity index (χ2n) is 6.09. The van der Waals surface area contributed by atoms with Crippen molar-refractivity contribution in [2.24, 2.45) is 5.73 Å². The van der Waals surface area contributed by atoms with E-state index in [4.69, 9.17) is 20.6 Å². The lowest BCUT2D eigenvalue weighted by Gasteiger charge is -2.17. The fraction of sp³-hybridized carbons (Fsp3) is 0.238. The van der Waals surface area contributed by atoms with E-state index >= 15 is 0 Å². The van der Waals surface area contributed by atoms with Crippen molar-refractivity contribution >= 4 is 17.2 Å². The molecule has 2 aromatic carbocycles. The third kappa shape index (κ3) is 4.67. The minimum absolute atomic E-state index is 0.208. The van der Waals surface area contributed by atoms with Gasteiger partial charge in [0.25, 0.3) is 5.91 Å². The van der Waals surface area contributed by atoms with Crippen LogP contribution in [0.25, 0.3) is 5.57 Å². The number of nitrogens with two attached hydrogens (primary N) is 1. The number of amides is 1. The molecule has 0 aliphatic rings. The van der Waals surface area contributed by atoms with Crippen LogP contribution in [0.2, 0.25) is 0 Å².